The van der Waals surface area contributed by atoms with Crippen LogP contribution in [0.3, 0.4) is 0 Å². The molecule has 0 aliphatic carbocycles. The zero-order valence-electron chi connectivity index (χ0n) is 14.0. The van der Waals surface area contributed by atoms with E-state index in [0.29, 0.717) is 0 Å². The molecule has 0 amide bonds. The van der Waals surface area contributed by atoms with Gasteiger partial charge < -0.3 is 4.74 Å². The highest BCUT2D eigenvalue weighted by Gasteiger charge is 2.14. The summed E-state index contributed by atoms with van der Waals surface area (Å²) in [6, 6.07) is 14.3. The van der Waals surface area contributed by atoms with Crippen molar-refractivity contribution in [2.45, 2.75) is 33.6 Å². The minimum absolute atomic E-state index is 0.723. The Morgan fingerprint density at radius 3 is 2.35 bits per heavy atom. The quantitative estimate of drug-likeness (QED) is 0.362. The molecule has 0 spiro atoms. The molecule has 122 valence electrons. The molecular formula is C20H24OS2. The predicted octanol–water partition coefficient (Wildman–Crippen LogP) is 6.17. The molecule has 0 aliphatic heterocycles. The minimum atomic E-state index is 0.723. The molecule has 0 saturated heterocycles. The SMILES string of the molecule is CCCCOc1cc(C)cc(C)c1C(S)=C(S)c1ccccc1. The Kier molecular flexibility index (Phi) is 6.67. The van der Waals surface area contributed by atoms with E-state index in [0.717, 1.165) is 51.7 Å². The molecular weight excluding hydrogens is 320 g/mol. The molecule has 0 aromatic heterocycles. The molecule has 0 fully saturated rings. The minimum Gasteiger partial charge on any atom is -0.493 e. The van der Waals surface area contributed by atoms with Crippen LogP contribution in [-0.2, 0) is 0 Å². The second kappa shape index (κ2) is 8.51. The van der Waals surface area contributed by atoms with Crippen molar-refractivity contribution in [3.05, 3.63) is 64.7 Å². The predicted molar refractivity (Wildman–Crippen MR) is 108 cm³/mol. The maximum atomic E-state index is 6.03. The number of thiol groups is 2. The summed E-state index contributed by atoms with van der Waals surface area (Å²) in [6.07, 6.45) is 2.16. The van der Waals surface area contributed by atoms with Crippen molar-refractivity contribution < 1.29 is 4.74 Å². The zero-order valence-corrected chi connectivity index (χ0v) is 15.8. The van der Waals surface area contributed by atoms with E-state index < -0.39 is 0 Å². The highest BCUT2D eigenvalue weighted by Crippen LogP contribution is 2.39. The van der Waals surface area contributed by atoms with Crippen molar-refractivity contribution in [3.8, 4) is 5.75 Å². The second-order valence-corrected chi connectivity index (χ2v) is 6.61. The summed E-state index contributed by atoms with van der Waals surface area (Å²) in [5.74, 6) is 0.892. The van der Waals surface area contributed by atoms with E-state index in [1.54, 1.807) is 0 Å². The first-order valence-electron chi connectivity index (χ1n) is 7.96. The van der Waals surface area contributed by atoms with Crippen molar-refractivity contribution in [1.82, 2.24) is 0 Å². The van der Waals surface area contributed by atoms with E-state index >= 15 is 0 Å². The van der Waals surface area contributed by atoms with Gasteiger partial charge in [-0.2, -0.15) is 0 Å². The Morgan fingerprint density at radius 2 is 1.70 bits per heavy atom. The Balaban J connectivity index is 2.48. The fourth-order valence-corrected chi connectivity index (χ4v) is 3.20. The van der Waals surface area contributed by atoms with Crippen LogP contribution in [0.1, 0.15) is 42.0 Å². The van der Waals surface area contributed by atoms with Gasteiger partial charge in [-0.05, 0) is 43.0 Å². The summed E-state index contributed by atoms with van der Waals surface area (Å²) >= 11 is 9.47. The Morgan fingerprint density at radius 1 is 1.00 bits per heavy atom. The number of ether oxygens (including phenoxy) is 1. The number of rotatable bonds is 6. The van der Waals surface area contributed by atoms with Crippen molar-refractivity contribution in [2.75, 3.05) is 6.61 Å². The van der Waals surface area contributed by atoms with Gasteiger partial charge in [-0.3, -0.25) is 0 Å². The van der Waals surface area contributed by atoms with Crippen molar-refractivity contribution in [1.29, 1.82) is 0 Å². The van der Waals surface area contributed by atoms with E-state index in [9.17, 15) is 0 Å². The van der Waals surface area contributed by atoms with E-state index in [4.69, 9.17) is 30.0 Å². The lowest BCUT2D eigenvalue weighted by Gasteiger charge is -2.17. The van der Waals surface area contributed by atoms with Crippen LogP contribution in [0.25, 0.3) is 9.81 Å². The zero-order chi connectivity index (χ0) is 16.8. The Hall–Kier alpha value is -1.32. The lowest BCUT2D eigenvalue weighted by molar-refractivity contribution is 0.308. The molecule has 2 aromatic carbocycles. The smallest absolute Gasteiger partial charge is 0.128 e. The van der Waals surface area contributed by atoms with Gasteiger partial charge in [0.1, 0.15) is 5.75 Å². The third kappa shape index (κ3) is 4.58. The van der Waals surface area contributed by atoms with Gasteiger partial charge in [-0.15, -0.1) is 25.3 Å². The summed E-state index contributed by atoms with van der Waals surface area (Å²) < 4.78 is 6.03. The number of benzene rings is 2. The van der Waals surface area contributed by atoms with Gasteiger partial charge in [0.15, 0.2) is 0 Å². The Bertz CT molecular complexity index is 690. The maximum absolute atomic E-state index is 6.03. The molecule has 0 bridgehead atoms. The van der Waals surface area contributed by atoms with Gasteiger partial charge in [0, 0.05) is 15.4 Å². The van der Waals surface area contributed by atoms with Crippen molar-refractivity contribution in [3.63, 3.8) is 0 Å². The molecule has 0 heterocycles. The van der Waals surface area contributed by atoms with Crippen LogP contribution in [0, 0.1) is 13.8 Å². The van der Waals surface area contributed by atoms with Crippen LogP contribution >= 0.6 is 25.3 Å². The summed E-state index contributed by atoms with van der Waals surface area (Å²) in [7, 11) is 0. The fourth-order valence-electron chi connectivity index (χ4n) is 2.52. The van der Waals surface area contributed by atoms with Crippen LogP contribution in [0.2, 0.25) is 0 Å². The summed E-state index contributed by atoms with van der Waals surface area (Å²) in [4.78, 5) is 1.71. The van der Waals surface area contributed by atoms with Gasteiger partial charge in [-0.1, -0.05) is 49.7 Å². The van der Waals surface area contributed by atoms with E-state index in [2.05, 4.69) is 32.9 Å². The molecule has 1 nitrogen and oxygen atoms in total. The maximum Gasteiger partial charge on any atom is 0.128 e. The summed E-state index contributed by atoms with van der Waals surface area (Å²) in [5, 5.41) is 0. The van der Waals surface area contributed by atoms with Gasteiger partial charge in [0.25, 0.3) is 0 Å². The molecule has 0 radical (unpaired) electrons. The lowest BCUT2D eigenvalue weighted by atomic mass is 10.0. The first-order chi connectivity index (χ1) is 11.0. The average Bonchev–Trinajstić information content (AvgIpc) is 2.54. The van der Waals surface area contributed by atoms with Gasteiger partial charge >= 0.3 is 0 Å². The summed E-state index contributed by atoms with van der Waals surface area (Å²) in [5.41, 5.74) is 4.44. The van der Waals surface area contributed by atoms with E-state index in [1.165, 1.54) is 5.56 Å². The number of hydrogen-bond acceptors (Lipinski definition) is 3. The highest BCUT2D eigenvalue weighted by atomic mass is 32.1. The second-order valence-electron chi connectivity index (χ2n) is 5.72. The van der Waals surface area contributed by atoms with E-state index in [1.807, 2.05) is 30.3 Å². The number of aryl methyl sites for hydroxylation is 2. The molecule has 0 atom stereocenters. The molecule has 2 rings (SSSR count). The number of unbranched alkanes of at least 4 members (excludes halogenated alkanes) is 1. The largest absolute Gasteiger partial charge is 0.493 e. The molecule has 0 N–H and O–H groups in total. The molecule has 2 aromatic rings. The monoisotopic (exact) mass is 344 g/mol. The van der Waals surface area contributed by atoms with Crippen molar-refractivity contribution in [2.24, 2.45) is 0 Å². The lowest BCUT2D eigenvalue weighted by Crippen LogP contribution is -2.01. The van der Waals surface area contributed by atoms with Gasteiger partial charge in [0.2, 0.25) is 0 Å². The first-order valence-corrected chi connectivity index (χ1v) is 8.86. The molecule has 3 heteroatoms. The fraction of sp³-hybridized carbons (Fsp3) is 0.300. The standard InChI is InChI=1S/C20H24OS2/c1-4-5-11-21-17-13-14(2)12-15(3)18(17)20(23)19(22)16-9-7-6-8-10-16/h6-10,12-13,22-23H,4-5,11H2,1-3H3. The van der Waals surface area contributed by atoms with Crippen LogP contribution < -0.4 is 4.74 Å². The van der Waals surface area contributed by atoms with Crippen LogP contribution in [0.5, 0.6) is 5.75 Å². The van der Waals surface area contributed by atoms with Gasteiger partial charge in [-0.25, -0.2) is 0 Å². The van der Waals surface area contributed by atoms with Crippen LogP contribution in [-0.4, -0.2) is 6.61 Å². The normalized spacial score (nSPS) is 12.0. The Labute approximate surface area is 150 Å². The molecule has 0 aliphatic rings. The average molecular weight is 345 g/mol. The van der Waals surface area contributed by atoms with Gasteiger partial charge in [0.05, 0.1) is 6.61 Å². The molecule has 23 heavy (non-hydrogen) atoms. The van der Waals surface area contributed by atoms with E-state index in [-0.39, 0.29) is 0 Å². The summed E-state index contributed by atoms with van der Waals surface area (Å²) in [6.45, 7) is 7.07. The van der Waals surface area contributed by atoms with Crippen LogP contribution in [0.4, 0.5) is 0 Å². The molecule has 0 unspecified atom stereocenters. The highest BCUT2D eigenvalue weighted by molar-refractivity contribution is 7.96. The third-order valence-corrected chi connectivity index (χ3v) is 4.81. The first kappa shape index (κ1) is 18.0. The van der Waals surface area contributed by atoms with Crippen molar-refractivity contribution >= 4 is 35.1 Å². The third-order valence-electron chi connectivity index (χ3n) is 3.71. The topological polar surface area (TPSA) is 9.23 Å². The van der Waals surface area contributed by atoms with Crippen LogP contribution in [0.15, 0.2) is 42.5 Å². The number of hydrogen-bond donors (Lipinski definition) is 2. The molecule has 0 saturated carbocycles.